The van der Waals surface area contributed by atoms with Crippen molar-refractivity contribution in [2.45, 2.75) is 31.7 Å². The average Bonchev–Trinajstić information content (AvgIpc) is 2.51. The minimum atomic E-state index is -3.65. The number of rotatable bonds is 6. The van der Waals surface area contributed by atoms with Gasteiger partial charge in [-0.2, -0.15) is 0 Å². The molecule has 0 aliphatic rings. The van der Waals surface area contributed by atoms with Crippen LogP contribution in [-0.4, -0.2) is 20.9 Å². The minimum Gasteiger partial charge on any atom is -0.348 e. The third kappa shape index (κ3) is 4.66. The second kappa shape index (κ2) is 7.59. The Morgan fingerprint density at radius 1 is 1.08 bits per heavy atom. The van der Waals surface area contributed by atoms with Crippen molar-refractivity contribution in [3.8, 4) is 0 Å². The van der Waals surface area contributed by atoms with Crippen LogP contribution in [0.15, 0.2) is 53.4 Å². The van der Waals surface area contributed by atoms with Gasteiger partial charge >= 0.3 is 0 Å². The van der Waals surface area contributed by atoms with Crippen molar-refractivity contribution in [1.82, 2.24) is 10.0 Å². The molecule has 2 aromatic rings. The molecule has 1 amide bonds. The molecule has 0 fully saturated rings. The number of sulfonamides is 1. The maximum atomic E-state index is 12.6. The summed E-state index contributed by atoms with van der Waals surface area (Å²) < 4.78 is 27.7. The van der Waals surface area contributed by atoms with Gasteiger partial charge in [0.2, 0.25) is 15.9 Å². The van der Waals surface area contributed by atoms with E-state index in [0.29, 0.717) is 5.56 Å². The van der Waals surface area contributed by atoms with Crippen LogP contribution in [-0.2, 0) is 14.8 Å². The van der Waals surface area contributed by atoms with Crippen LogP contribution in [0.4, 0.5) is 0 Å². The fourth-order valence-electron chi connectivity index (χ4n) is 2.55. The van der Waals surface area contributed by atoms with Gasteiger partial charge in [0.05, 0.1) is 10.9 Å². The molecule has 2 N–H and O–H groups in total. The summed E-state index contributed by atoms with van der Waals surface area (Å²) in [6.45, 7) is 5.18. The zero-order chi connectivity index (χ0) is 17.7. The zero-order valence-corrected chi connectivity index (χ0v) is 14.9. The predicted molar refractivity (Wildman–Crippen MR) is 94.1 cm³/mol. The molecule has 0 radical (unpaired) electrons. The summed E-state index contributed by atoms with van der Waals surface area (Å²) in [6, 6.07) is 14.0. The topological polar surface area (TPSA) is 75.3 Å². The Kier molecular flexibility index (Phi) is 5.75. The van der Waals surface area contributed by atoms with Crippen molar-refractivity contribution in [2.75, 3.05) is 6.54 Å². The summed E-state index contributed by atoms with van der Waals surface area (Å²) in [5, 5.41) is 2.78. The molecule has 2 rings (SSSR count). The summed E-state index contributed by atoms with van der Waals surface area (Å²) in [7, 11) is -3.65. The lowest BCUT2D eigenvalue weighted by Gasteiger charge is -2.19. The SMILES string of the molecule is CC(=O)N[C@@H](CNS(=O)(=O)c1ccc(C)cc1C)c1ccccc1. The van der Waals surface area contributed by atoms with Crippen LogP contribution < -0.4 is 10.0 Å². The van der Waals surface area contributed by atoms with Crippen LogP contribution in [0.1, 0.15) is 29.7 Å². The van der Waals surface area contributed by atoms with Gasteiger partial charge in [-0.1, -0.05) is 48.0 Å². The summed E-state index contributed by atoms with van der Waals surface area (Å²) >= 11 is 0. The normalized spacial score (nSPS) is 12.6. The van der Waals surface area contributed by atoms with E-state index in [0.717, 1.165) is 11.1 Å². The molecule has 24 heavy (non-hydrogen) atoms. The number of aryl methyl sites for hydroxylation is 2. The van der Waals surface area contributed by atoms with E-state index in [2.05, 4.69) is 10.0 Å². The van der Waals surface area contributed by atoms with Crippen molar-refractivity contribution in [2.24, 2.45) is 0 Å². The number of hydrogen-bond donors (Lipinski definition) is 2. The van der Waals surface area contributed by atoms with Gasteiger partial charge in [-0.15, -0.1) is 0 Å². The highest BCUT2D eigenvalue weighted by Crippen LogP contribution is 2.18. The van der Waals surface area contributed by atoms with Gasteiger partial charge < -0.3 is 5.32 Å². The lowest BCUT2D eigenvalue weighted by molar-refractivity contribution is -0.119. The van der Waals surface area contributed by atoms with E-state index in [-0.39, 0.29) is 17.3 Å². The highest BCUT2D eigenvalue weighted by atomic mass is 32.2. The average molecular weight is 346 g/mol. The van der Waals surface area contributed by atoms with Crippen molar-refractivity contribution < 1.29 is 13.2 Å². The van der Waals surface area contributed by atoms with E-state index in [1.807, 2.05) is 43.3 Å². The molecule has 0 aliphatic heterocycles. The lowest BCUT2D eigenvalue weighted by Crippen LogP contribution is -2.37. The first-order valence-electron chi connectivity index (χ1n) is 7.68. The monoisotopic (exact) mass is 346 g/mol. The predicted octanol–water partition coefficient (Wildman–Crippen LogP) is 2.46. The van der Waals surface area contributed by atoms with E-state index >= 15 is 0 Å². The first-order chi connectivity index (χ1) is 11.3. The summed E-state index contributed by atoms with van der Waals surface area (Å²) in [4.78, 5) is 11.7. The largest absolute Gasteiger partial charge is 0.348 e. The molecular formula is C18H22N2O3S. The molecule has 5 nitrogen and oxygen atoms in total. The Morgan fingerprint density at radius 2 is 1.75 bits per heavy atom. The number of hydrogen-bond acceptors (Lipinski definition) is 3. The number of carbonyl (C=O) groups excluding carboxylic acids is 1. The van der Waals surface area contributed by atoms with Gasteiger partial charge in [0.25, 0.3) is 0 Å². The van der Waals surface area contributed by atoms with Crippen LogP contribution in [0.5, 0.6) is 0 Å². The van der Waals surface area contributed by atoms with Gasteiger partial charge in [0.1, 0.15) is 0 Å². The van der Waals surface area contributed by atoms with Gasteiger partial charge in [-0.3, -0.25) is 4.79 Å². The van der Waals surface area contributed by atoms with E-state index in [4.69, 9.17) is 0 Å². The number of nitrogens with one attached hydrogen (secondary N) is 2. The van der Waals surface area contributed by atoms with Gasteiger partial charge in [0, 0.05) is 13.5 Å². The molecule has 0 heterocycles. The van der Waals surface area contributed by atoms with Gasteiger partial charge in [0.15, 0.2) is 0 Å². The molecule has 0 saturated heterocycles. The first-order valence-corrected chi connectivity index (χ1v) is 9.17. The molecular weight excluding hydrogens is 324 g/mol. The summed E-state index contributed by atoms with van der Waals surface area (Å²) in [5.41, 5.74) is 2.54. The molecule has 0 unspecified atom stereocenters. The highest BCUT2D eigenvalue weighted by molar-refractivity contribution is 7.89. The minimum absolute atomic E-state index is 0.0826. The van der Waals surface area contributed by atoms with Crippen LogP contribution in [0.3, 0.4) is 0 Å². The van der Waals surface area contributed by atoms with Crippen LogP contribution >= 0.6 is 0 Å². The molecule has 128 valence electrons. The van der Waals surface area contributed by atoms with E-state index in [1.165, 1.54) is 6.92 Å². The van der Waals surface area contributed by atoms with Crippen molar-refractivity contribution >= 4 is 15.9 Å². The molecule has 0 saturated carbocycles. The van der Waals surface area contributed by atoms with Crippen molar-refractivity contribution in [3.63, 3.8) is 0 Å². The summed E-state index contributed by atoms with van der Waals surface area (Å²) in [6.07, 6.45) is 0. The Bertz CT molecular complexity index is 817. The Balaban J connectivity index is 2.20. The quantitative estimate of drug-likeness (QED) is 0.844. The van der Waals surface area contributed by atoms with E-state index < -0.39 is 16.1 Å². The molecule has 2 aromatic carbocycles. The number of carbonyl (C=O) groups is 1. The Labute approximate surface area is 143 Å². The molecule has 6 heteroatoms. The van der Waals surface area contributed by atoms with Crippen molar-refractivity contribution in [1.29, 1.82) is 0 Å². The molecule has 0 aromatic heterocycles. The number of amides is 1. The number of benzene rings is 2. The standard InChI is InChI=1S/C18H22N2O3S/c1-13-9-10-18(14(2)11-13)24(22,23)19-12-17(20-15(3)21)16-7-5-4-6-8-16/h4-11,17,19H,12H2,1-3H3,(H,20,21)/t17-/m0/s1. The molecule has 0 spiro atoms. The zero-order valence-electron chi connectivity index (χ0n) is 14.0. The fourth-order valence-corrected chi connectivity index (χ4v) is 3.83. The van der Waals surface area contributed by atoms with Gasteiger partial charge in [-0.25, -0.2) is 13.1 Å². The van der Waals surface area contributed by atoms with Crippen LogP contribution in [0.2, 0.25) is 0 Å². The summed E-state index contributed by atoms with van der Waals surface area (Å²) in [5.74, 6) is -0.213. The van der Waals surface area contributed by atoms with Crippen molar-refractivity contribution in [3.05, 3.63) is 65.2 Å². The Hall–Kier alpha value is -2.18. The lowest BCUT2D eigenvalue weighted by atomic mass is 10.1. The third-order valence-corrected chi connectivity index (χ3v) is 5.26. The third-order valence-electron chi connectivity index (χ3n) is 3.68. The van der Waals surface area contributed by atoms with Crippen LogP contribution in [0, 0.1) is 13.8 Å². The molecule has 0 aliphatic carbocycles. The second-order valence-corrected chi connectivity index (χ2v) is 7.52. The van der Waals surface area contributed by atoms with Gasteiger partial charge in [-0.05, 0) is 31.0 Å². The second-order valence-electron chi connectivity index (χ2n) is 5.78. The maximum Gasteiger partial charge on any atom is 0.240 e. The van der Waals surface area contributed by atoms with Crippen LogP contribution in [0.25, 0.3) is 0 Å². The maximum absolute atomic E-state index is 12.6. The fraction of sp³-hybridized carbons (Fsp3) is 0.278. The molecule has 0 bridgehead atoms. The molecule has 1 atom stereocenters. The smallest absolute Gasteiger partial charge is 0.240 e. The Morgan fingerprint density at radius 3 is 2.33 bits per heavy atom. The van der Waals surface area contributed by atoms with E-state index in [9.17, 15) is 13.2 Å². The van der Waals surface area contributed by atoms with E-state index in [1.54, 1.807) is 19.1 Å². The first kappa shape index (κ1) is 18.2. The highest BCUT2D eigenvalue weighted by Gasteiger charge is 2.20.